The lowest BCUT2D eigenvalue weighted by molar-refractivity contribution is -0.384. The van der Waals surface area contributed by atoms with Crippen LogP contribution in [0.15, 0.2) is 53.0 Å². The van der Waals surface area contributed by atoms with Gasteiger partial charge in [0.15, 0.2) is 0 Å². The fourth-order valence-electron chi connectivity index (χ4n) is 3.37. The van der Waals surface area contributed by atoms with E-state index >= 15 is 0 Å². The third-order valence-corrected chi connectivity index (χ3v) is 6.25. The van der Waals surface area contributed by atoms with Gasteiger partial charge < -0.3 is 4.90 Å². The molecule has 1 aliphatic heterocycles. The van der Waals surface area contributed by atoms with Crippen LogP contribution in [0.5, 0.6) is 0 Å². The zero-order valence-corrected chi connectivity index (χ0v) is 18.4. The summed E-state index contributed by atoms with van der Waals surface area (Å²) in [5.74, 6) is -0.663. The minimum atomic E-state index is -0.638. The summed E-state index contributed by atoms with van der Waals surface area (Å²) in [4.78, 5) is 37.5. The van der Waals surface area contributed by atoms with Crippen molar-refractivity contribution < 1.29 is 14.5 Å². The highest BCUT2D eigenvalue weighted by Gasteiger charge is 2.35. The second kappa shape index (κ2) is 8.90. The van der Waals surface area contributed by atoms with Crippen LogP contribution in [0.1, 0.15) is 23.2 Å². The van der Waals surface area contributed by atoms with E-state index in [9.17, 15) is 19.7 Å². The SMILES string of the molecule is O=C(Nc1nnc(-c2cccc(Br)c2)s1)[C@@H]1CCCN1C(=O)c1ccc([N+](=O)[O-])cc1. The minimum absolute atomic E-state index is 0.0928. The normalized spacial score (nSPS) is 15.6. The van der Waals surface area contributed by atoms with Crippen LogP contribution in [0, 0.1) is 10.1 Å². The van der Waals surface area contributed by atoms with Crippen molar-refractivity contribution in [1.29, 1.82) is 0 Å². The molecule has 1 N–H and O–H groups in total. The third-order valence-electron chi connectivity index (χ3n) is 4.87. The number of carbonyl (C=O) groups is 2. The molecule has 4 rings (SSSR count). The summed E-state index contributed by atoms with van der Waals surface area (Å²) in [6, 6.07) is 12.3. The van der Waals surface area contributed by atoms with Crippen molar-refractivity contribution in [2.45, 2.75) is 18.9 Å². The van der Waals surface area contributed by atoms with Gasteiger partial charge in [-0.2, -0.15) is 0 Å². The molecule has 9 nitrogen and oxygen atoms in total. The molecule has 3 aromatic rings. The van der Waals surface area contributed by atoms with E-state index in [1.54, 1.807) is 0 Å². The fourth-order valence-corrected chi connectivity index (χ4v) is 4.52. The Hall–Kier alpha value is -3.18. The van der Waals surface area contributed by atoms with E-state index < -0.39 is 11.0 Å². The van der Waals surface area contributed by atoms with E-state index in [4.69, 9.17) is 0 Å². The average Bonchev–Trinajstić information content (AvgIpc) is 3.43. The second-order valence-corrected chi connectivity index (χ2v) is 8.77. The summed E-state index contributed by atoms with van der Waals surface area (Å²) in [6.45, 7) is 0.438. The molecular weight excluding hydrogens is 486 g/mol. The minimum Gasteiger partial charge on any atom is -0.327 e. The first kappa shape index (κ1) is 21.1. The van der Waals surface area contributed by atoms with Crippen LogP contribution in [-0.4, -0.2) is 44.4 Å². The number of nitrogens with zero attached hydrogens (tertiary/aromatic N) is 4. The second-order valence-electron chi connectivity index (χ2n) is 6.87. The Morgan fingerprint density at radius 1 is 1.19 bits per heavy atom. The maximum Gasteiger partial charge on any atom is 0.269 e. The predicted molar refractivity (Wildman–Crippen MR) is 119 cm³/mol. The van der Waals surface area contributed by atoms with Gasteiger partial charge >= 0.3 is 0 Å². The first-order chi connectivity index (χ1) is 14.9. The molecule has 31 heavy (non-hydrogen) atoms. The highest BCUT2D eigenvalue weighted by Crippen LogP contribution is 2.29. The van der Waals surface area contributed by atoms with Gasteiger partial charge in [-0.25, -0.2) is 0 Å². The Kier molecular flexibility index (Phi) is 6.05. The van der Waals surface area contributed by atoms with Gasteiger partial charge in [-0.05, 0) is 37.1 Å². The molecule has 1 atom stereocenters. The predicted octanol–water partition coefficient (Wildman–Crippen LogP) is 4.12. The highest BCUT2D eigenvalue weighted by molar-refractivity contribution is 9.10. The number of nitro benzene ring substituents is 1. The summed E-state index contributed by atoms with van der Waals surface area (Å²) in [6.07, 6.45) is 1.22. The van der Waals surface area contributed by atoms with E-state index in [2.05, 4.69) is 31.4 Å². The molecule has 2 aromatic carbocycles. The Morgan fingerprint density at radius 3 is 2.68 bits per heavy atom. The first-order valence-electron chi connectivity index (χ1n) is 9.38. The number of non-ortho nitro benzene ring substituents is 1. The third kappa shape index (κ3) is 4.62. The Balaban J connectivity index is 1.45. The average molecular weight is 502 g/mol. The molecule has 1 aliphatic rings. The molecule has 11 heteroatoms. The van der Waals surface area contributed by atoms with Crippen molar-refractivity contribution in [3.63, 3.8) is 0 Å². The Bertz CT molecular complexity index is 1150. The van der Waals surface area contributed by atoms with Crippen LogP contribution in [0.25, 0.3) is 10.6 Å². The standard InChI is InChI=1S/C20H16BrN5O4S/c21-14-4-1-3-13(11-14)18-23-24-20(31-18)22-17(27)16-5-2-10-25(16)19(28)12-6-8-15(9-7-12)26(29)30/h1,3-4,6-9,11,16H,2,5,10H2,(H,22,24,27)/t16-/m0/s1. The monoisotopic (exact) mass is 501 g/mol. The maximum absolute atomic E-state index is 12.9. The van der Waals surface area contributed by atoms with Gasteiger partial charge in [-0.3, -0.25) is 25.0 Å². The molecule has 2 amide bonds. The van der Waals surface area contributed by atoms with E-state index in [1.165, 1.54) is 40.5 Å². The van der Waals surface area contributed by atoms with Gasteiger partial charge in [0.25, 0.3) is 11.6 Å². The largest absolute Gasteiger partial charge is 0.327 e. The molecular formula is C20H16BrN5O4S. The molecule has 0 unspecified atom stereocenters. The maximum atomic E-state index is 12.9. The Labute approximate surface area is 189 Å². The molecule has 158 valence electrons. The fraction of sp³-hybridized carbons (Fsp3) is 0.200. The molecule has 0 radical (unpaired) electrons. The number of nitrogens with one attached hydrogen (secondary N) is 1. The first-order valence-corrected chi connectivity index (χ1v) is 11.0. The Morgan fingerprint density at radius 2 is 1.97 bits per heavy atom. The van der Waals surface area contributed by atoms with Crippen molar-refractivity contribution in [3.8, 4) is 10.6 Å². The van der Waals surface area contributed by atoms with Gasteiger partial charge in [-0.15, -0.1) is 10.2 Å². The molecule has 1 aromatic heterocycles. The van der Waals surface area contributed by atoms with Crippen molar-refractivity contribution in [1.82, 2.24) is 15.1 Å². The van der Waals surface area contributed by atoms with Crippen molar-refractivity contribution in [2.75, 3.05) is 11.9 Å². The molecule has 0 aliphatic carbocycles. The zero-order chi connectivity index (χ0) is 22.0. The number of hydrogen-bond acceptors (Lipinski definition) is 7. The van der Waals surface area contributed by atoms with Crippen molar-refractivity contribution >= 4 is 49.9 Å². The van der Waals surface area contributed by atoms with E-state index in [1.807, 2.05) is 24.3 Å². The number of benzene rings is 2. The number of rotatable bonds is 5. The topological polar surface area (TPSA) is 118 Å². The molecule has 0 saturated carbocycles. The number of nitro groups is 1. The quantitative estimate of drug-likeness (QED) is 0.414. The van der Waals surface area contributed by atoms with E-state index in [0.717, 1.165) is 10.0 Å². The summed E-state index contributed by atoms with van der Waals surface area (Å²) < 4.78 is 0.914. The van der Waals surface area contributed by atoms with E-state index in [-0.39, 0.29) is 17.5 Å². The van der Waals surface area contributed by atoms with Crippen LogP contribution in [0.3, 0.4) is 0 Å². The number of hydrogen-bond donors (Lipinski definition) is 1. The lowest BCUT2D eigenvalue weighted by atomic mass is 10.1. The summed E-state index contributed by atoms with van der Waals surface area (Å²) in [5, 5.41) is 22.8. The molecule has 0 bridgehead atoms. The van der Waals surface area contributed by atoms with Crippen molar-refractivity contribution in [3.05, 3.63) is 68.7 Å². The molecule has 1 saturated heterocycles. The van der Waals surface area contributed by atoms with Crippen LogP contribution in [0.2, 0.25) is 0 Å². The summed E-state index contributed by atoms with van der Waals surface area (Å²) in [7, 11) is 0. The van der Waals surface area contributed by atoms with Crippen LogP contribution in [-0.2, 0) is 4.79 Å². The number of amides is 2. The number of anilines is 1. The van der Waals surface area contributed by atoms with Crippen LogP contribution < -0.4 is 5.32 Å². The summed E-state index contributed by atoms with van der Waals surface area (Å²) >= 11 is 4.67. The number of carbonyl (C=O) groups excluding carboxylic acids is 2. The lowest BCUT2D eigenvalue weighted by Crippen LogP contribution is -2.43. The summed E-state index contributed by atoms with van der Waals surface area (Å²) in [5.41, 5.74) is 1.09. The smallest absolute Gasteiger partial charge is 0.269 e. The van der Waals surface area contributed by atoms with Gasteiger partial charge in [0.1, 0.15) is 11.0 Å². The zero-order valence-electron chi connectivity index (χ0n) is 16.0. The van der Waals surface area contributed by atoms with Crippen LogP contribution in [0.4, 0.5) is 10.8 Å². The van der Waals surface area contributed by atoms with Gasteiger partial charge in [0, 0.05) is 34.3 Å². The van der Waals surface area contributed by atoms with Crippen molar-refractivity contribution in [2.24, 2.45) is 0 Å². The number of halogens is 1. The van der Waals surface area contributed by atoms with Gasteiger partial charge in [0.2, 0.25) is 11.0 Å². The number of aromatic nitrogens is 2. The van der Waals surface area contributed by atoms with Gasteiger partial charge in [-0.1, -0.05) is 39.4 Å². The van der Waals surface area contributed by atoms with Crippen LogP contribution >= 0.6 is 27.3 Å². The molecule has 2 heterocycles. The van der Waals surface area contributed by atoms with E-state index in [0.29, 0.717) is 35.1 Å². The highest BCUT2D eigenvalue weighted by atomic mass is 79.9. The molecule has 0 spiro atoms. The number of likely N-dealkylation sites (tertiary alicyclic amines) is 1. The lowest BCUT2D eigenvalue weighted by Gasteiger charge is -2.23. The molecule has 1 fully saturated rings. The van der Waals surface area contributed by atoms with Gasteiger partial charge in [0.05, 0.1) is 4.92 Å².